The minimum Gasteiger partial charge on any atom is -0.308 e. The summed E-state index contributed by atoms with van der Waals surface area (Å²) in [5, 5.41) is 6.79. The van der Waals surface area contributed by atoms with Gasteiger partial charge in [0.1, 0.15) is 0 Å². The fourth-order valence-electron chi connectivity index (χ4n) is 3.12. The van der Waals surface area contributed by atoms with Gasteiger partial charge in [-0.25, -0.2) is 9.89 Å². The molecule has 1 amide bonds. The molecule has 2 aromatic rings. The van der Waals surface area contributed by atoms with Crippen molar-refractivity contribution in [3.05, 3.63) is 40.3 Å². The number of thioether (sulfide) groups is 1. The maximum absolute atomic E-state index is 13.0. The van der Waals surface area contributed by atoms with E-state index in [0.29, 0.717) is 11.7 Å². The highest BCUT2D eigenvalue weighted by Gasteiger charge is 2.33. The summed E-state index contributed by atoms with van der Waals surface area (Å²) in [4.78, 5) is 26.6. The van der Waals surface area contributed by atoms with Crippen LogP contribution in [0.1, 0.15) is 32.8 Å². The van der Waals surface area contributed by atoms with Gasteiger partial charge in [-0.2, -0.15) is 0 Å². The summed E-state index contributed by atoms with van der Waals surface area (Å²) >= 11 is 1.33. The lowest BCUT2D eigenvalue weighted by Gasteiger charge is -2.25. The van der Waals surface area contributed by atoms with Gasteiger partial charge in [-0.1, -0.05) is 36.9 Å². The van der Waals surface area contributed by atoms with Crippen LogP contribution in [0.2, 0.25) is 0 Å². The number of amides is 1. The molecule has 1 aromatic heterocycles. The normalized spacial score (nSPS) is 17.8. The second-order valence-electron chi connectivity index (χ2n) is 6.11. The highest BCUT2D eigenvalue weighted by Crippen LogP contribution is 2.34. The van der Waals surface area contributed by atoms with Crippen molar-refractivity contribution < 1.29 is 4.79 Å². The van der Waals surface area contributed by atoms with Crippen LogP contribution in [-0.2, 0) is 17.8 Å². The molecule has 0 aliphatic carbocycles. The first kappa shape index (κ1) is 16.8. The topological polar surface area (TPSA) is 71.0 Å². The summed E-state index contributed by atoms with van der Waals surface area (Å²) in [5.74, 6) is 0.0518. The Bertz CT molecular complexity index is 798. The number of nitrogens with one attached hydrogen (secondary N) is 1. The fourth-order valence-corrected chi connectivity index (χ4v) is 4.05. The monoisotopic (exact) mass is 346 g/mol. The van der Waals surface area contributed by atoms with Crippen molar-refractivity contribution in [1.82, 2.24) is 14.8 Å². The molecule has 1 aliphatic rings. The van der Waals surface area contributed by atoms with Crippen LogP contribution >= 0.6 is 11.8 Å². The molecule has 128 valence electrons. The number of hydrogen-bond donors (Lipinski definition) is 1. The molecule has 7 heteroatoms. The predicted molar refractivity (Wildman–Crippen MR) is 95.6 cm³/mol. The lowest BCUT2D eigenvalue weighted by Crippen LogP contribution is -2.40. The van der Waals surface area contributed by atoms with E-state index >= 15 is 0 Å². The zero-order valence-corrected chi connectivity index (χ0v) is 15.0. The van der Waals surface area contributed by atoms with E-state index in [9.17, 15) is 9.59 Å². The maximum atomic E-state index is 13.0. The van der Waals surface area contributed by atoms with Crippen molar-refractivity contribution in [2.24, 2.45) is 0 Å². The number of carbonyl (C=O) groups is 1. The third kappa shape index (κ3) is 3.00. The molecule has 0 saturated carbocycles. The van der Waals surface area contributed by atoms with Gasteiger partial charge < -0.3 is 4.90 Å². The van der Waals surface area contributed by atoms with Crippen molar-refractivity contribution >= 4 is 23.4 Å². The first-order valence-corrected chi connectivity index (χ1v) is 9.13. The Kier molecular flexibility index (Phi) is 4.80. The second kappa shape index (κ2) is 6.84. The van der Waals surface area contributed by atoms with E-state index in [1.54, 1.807) is 4.57 Å². The van der Waals surface area contributed by atoms with Crippen LogP contribution in [0.3, 0.4) is 0 Å². The molecule has 2 atom stereocenters. The first-order chi connectivity index (χ1) is 11.5. The molecule has 0 bridgehead atoms. The Labute approximate surface area is 145 Å². The van der Waals surface area contributed by atoms with Gasteiger partial charge in [0.05, 0.1) is 5.25 Å². The molecule has 1 aliphatic heterocycles. The number of para-hydroxylation sites is 1. The number of fused-ring (bicyclic) bond motifs is 1. The second-order valence-corrected chi connectivity index (χ2v) is 7.42. The molecule has 3 rings (SSSR count). The first-order valence-electron chi connectivity index (χ1n) is 8.25. The molecular weight excluding hydrogens is 324 g/mol. The maximum Gasteiger partial charge on any atom is 0.343 e. The average molecular weight is 346 g/mol. The van der Waals surface area contributed by atoms with Gasteiger partial charge in [-0.3, -0.25) is 9.36 Å². The molecule has 2 heterocycles. The highest BCUT2D eigenvalue weighted by molar-refractivity contribution is 8.00. The van der Waals surface area contributed by atoms with E-state index in [2.05, 4.69) is 23.2 Å². The molecular formula is C17H22N4O2S. The number of hydrogen-bond acceptors (Lipinski definition) is 4. The molecule has 24 heavy (non-hydrogen) atoms. The average Bonchev–Trinajstić information content (AvgIpc) is 3.07. The molecule has 0 unspecified atom stereocenters. The number of anilines is 1. The molecule has 0 spiro atoms. The van der Waals surface area contributed by atoms with E-state index in [1.165, 1.54) is 17.3 Å². The van der Waals surface area contributed by atoms with E-state index in [0.717, 1.165) is 18.5 Å². The lowest BCUT2D eigenvalue weighted by molar-refractivity contribution is -0.118. The van der Waals surface area contributed by atoms with Crippen LogP contribution in [-0.4, -0.2) is 32.0 Å². The van der Waals surface area contributed by atoms with Gasteiger partial charge in [0, 0.05) is 18.3 Å². The molecule has 6 nitrogen and oxygen atoms in total. The van der Waals surface area contributed by atoms with Gasteiger partial charge in [0.25, 0.3) is 0 Å². The lowest BCUT2D eigenvalue weighted by atomic mass is 10.1. The van der Waals surface area contributed by atoms with Gasteiger partial charge in [0.2, 0.25) is 5.91 Å². The summed E-state index contributed by atoms with van der Waals surface area (Å²) in [7, 11) is 0. The summed E-state index contributed by atoms with van der Waals surface area (Å²) in [6.45, 7) is 6.54. The number of aromatic nitrogens is 3. The Morgan fingerprint density at radius 3 is 2.96 bits per heavy atom. The minimum atomic E-state index is -0.315. The van der Waals surface area contributed by atoms with Gasteiger partial charge >= 0.3 is 5.69 Å². The number of benzene rings is 1. The van der Waals surface area contributed by atoms with E-state index in [-0.39, 0.29) is 22.9 Å². The fraction of sp³-hybridized carbons (Fsp3) is 0.471. The van der Waals surface area contributed by atoms with Crippen LogP contribution < -0.4 is 10.6 Å². The van der Waals surface area contributed by atoms with Crippen LogP contribution in [0.25, 0.3) is 0 Å². The van der Waals surface area contributed by atoms with Crippen LogP contribution in [0, 0.1) is 0 Å². The number of rotatable bonds is 5. The summed E-state index contributed by atoms with van der Waals surface area (Å²) in [6, 6.07) is 8.18. The minimum absolute atomic E-state index is 0.0518. The summed E-state index contributed by atoms with van der Waals surface area (Å²) in [6.07, 6.45) is 1.72. The molecule has 1 aromatic carbocycles. The van der Waals surface area contributed by atoms with Gasteiger partial charge in [0.15, 0.2) is 5.16 Å². The number of aromatic amines is 1. The quantitative estimate of drug-likeness (QED) is 0.844. The summed E-state index contributed by atoms with van der Waals surface area (Å²) in [5.41, 5.74) is 1.98. The zero-order chi connectivity index (χ0) is 17.3. The largest absolute Gasteiger partial charge is 0.343 e. The predicted octanol–water partition coefficient (Wildman–Crippen LogP) is 2.44. The Morgan fingerprint density at radius 2 is 2.21 bits per heavy atom. The highest BCUT2D eigenvalue weighted by atomic mass is 32.2. The Morgan fingerprint density at radius 1 is 1.46 bits per heavy atom. The van der Waals surface area contributed by atoms with Crippen molar-refractivity contribution in [1.29, 1.82) is 0 Å². The standard InChI is InChI=1S/C17H22N4O2S/c1-4-9-20-16(23)18-19-17(20)24-12(3)15(22)21-11(2)10-13-7-5-6-8-14(13)21/h5-8,11-12H,4,9-10H2,1-3H3,(H,18,23)/t11-,12+/m1/s1. The third-order valence-corrected chi connectivity index (χ3v) is 5.32. The zero-order valence-electron chi connectivity index (χ0n) is 14.2. The van der Waals surface area contributed by atoms with E-state index < -0.39 is 0 Å². The van der Waals surface area contributed by atoms with Crippen molar-refractivity contribution in [2.45, 2.75) is 56.6 Å². The van der Waals surface area contributed by atoms with Gasteiger partial charge in [-0.05, 0) is 38.3 Å². The molecule has 0 saturated heterocycles. The molecule has 0 fully saturated rings. The van der Waals surface area contributed by atoms with E-state index in [4.69, 9.17) is 0 Å². The Hall–Kier alpha value is -2.02. The number of H-pyrrole nitrogens is 1. The van der Waals surface area contributed by atoms with Gasteiger partial charge in [-0.15, -0.1) is 5.10 Å². The molecule has 0 radical (unpaired) electrons. The van der Waals surface area contributed by atoms with Crippen molar-refractivity contribution in [3.63, 3.8) is 0 Å². The smallest absolute Gasteiger partial charge is 0.308 e. The van der Waals surface area contributed by atoms with Crippen LogP contribution in [0.15, 0.2) is 34.2 Å². The van der Waals surface area contributed by atoms with Crippen molar-refractivity contribution in [3.8, 4) is 0 Å². The Balaban J connectivity index is 1.80. The van der Waals surface area contributed by atoms with Crippen molar-refractivity contribution in [2.75, 3.05) is 4.90 Å². The SMILES string of the molecule is CCCn1c(S[C@@H](C)C(=O)N2c3ccccc3C[C@H]2C)n[nH]c1=O. The number of nitrogens with zero attached hydrogens (tertiary/aromatic N) is 3. The third-order valence-electron chi connectivity index (χ3n) is 4.25. The number of carbonyl (C=O) groups excluding carboxylic acids is 1. The van der Waals surface area contributed by atoms with Crippen LogP contribution in [0.5, 0.6) is 0 Å². The van der Waals surface area contributed by atoms with E-state index in [1.807, 2.05) is 36.9 Å². The molecule has 1 N–H and O–H groups in total. The summed E-state index contributed by atoms with van der Waals surface area (Å²) < 4.78 is 1.59. The van der Waals surface area contributed by atoms with Crippen LogP contribution in [0.4, 0.5) is 5.69 Å².